The molecule has 0 rings (SSSR count). The van der Waals surface area contributed by atoms with Gasteiger partial charge in [0.15, 0.2) is 0 Å². The monoisotopic (exact) mass is 171 g/mol. The summed E-state index contributed by atoms with van der Waals surface area (Å²) in [6.07, 6.45) is 6.73. The molecule has 12 heavy (non-hydrogen) atoms. The second kappa shape index (κ2) is 7.60. The Bertz CT molecular complexity index is 91.0. The van der Waals surface area contributed by atoms with Crippen molar-refractivity contribution in [1.82, 2.24) is 5.32 Å². The Morgan fingerprint density at radius 3 is 2.25 bits per heavy atom. The summed E-state index contributed by atoms with van der Waals surface area (Å²) in [5, 5.41) is 3.41. The van der Waals surface area contributed by atoms with Crippen molar-refractivity contribution in [2.75, 3.05) is 7.05 Å². The lowest BCUT2D eigenvalue weighted by Crippen LogP contribution is -2.31. The Balaban J connectivity index is 3.52. The first-order valence-electron chi connectivity index (χ1n) is 5.43. The molecule has 2 unspecified atom stereocenters. The normalized spacial score (nSPS) is 16.0. The van der Waals surface area contributed by atoms with Gasteiger partial charge in [0.1, 0.15) is 0 Å². The summed E-state index contributed by atoms with van der Waals surface area (Å²) in [7, 11) is 2.09. The summed E-state index contributed by atoms with van der Waals surface area (Å²) in [5.74, 6) is 0.826. The third-order valence-corrected chi connectivity index (χ3v) is 2.82. The largest absolute Gasteiger partial charge is 0.317 e. The van der Waals surface area contributed by atoms with E-state index in [9.17, 15) is 0 Å². The van der Waals surface area contributed by atoms with Crippen LogP contribution in [0.5, 0.6) is 0 Å². The minimum absolute atomic E-state index is 0.738. The molecule has 0 saturated carbocycles. The zero-order valence-corrected chi connectivity index (χ0v) is 9.19. The minimum Gasteiger partial charge on any atom is -0.317 e. The van der Waals surface area contributed by atoms with Crippen LogP contribution in [0, 0.1) is 5.92 Å². The molecule has 0 aliphatic rings. The van der Waals surface area contributed by atoms with Crippen molar-refractivity contribution in [3.63, 3.8) is 0 Å². The number of rotatable bonds is 7. The molecule has 0 bridgehead atoms. The topological polar surface area (TPSA) is 12.0 Å². The van der Waals surface area contributed by atoms with E-state index < -0.39 is 0 Å². The molecular formula is C11H25N. The molecule has 1 N–H and O–H groups in total. The molecule has 74 valence electrons. The van der Waals surface area contributed by atoms with E-state index in [0.29, 0.717) is 0 Å². The van der Waals surface area contributed by atoms with E-state index in [0.717, 1.165) is 12.0 Å². The van der Waals surface area contributed by atoms with Crippen LogP contribution in [0.4, 0.5) is 0 Å². The Morgan fingerprint density at radius 2 is 1.83 bits per heavy atom. The Labute approximate surface area is 77.9 Å². The lowest BCUT2D eigenvalue weighted by Gasteiger charge is -2.22. The fourth-order valence-corrected chi connectivity index (χ4v) is 1.61. The Morgan fingerprint density at radius 1 is 1.17 bits per heavy atom. The molecule has 0 radical (unpaired) electrons. The number of hydrogen-bond donors (Lipinski definition) is 1. The average Bonchev–Trinajstić information content (AvgIpc) is 2.11. The van der Waals surface area contributed by atoms with Gasteiger partial charge >= 0.3 is 0 Å². The maximum atomic E-state index is 3.41. The molecule has 1 heteroatoms. The van der Waals surface area contributed by atoms with Gasteiger partial charge in [-0.3, -0.25) is 0 Å². The third kappa shape index (κ3) is 4.76. The zero-order chi connectivity index (χ0) is 9.40. The van der Waals surface area contributed by atoms with Gasteiger partial charge in [-0.05, 0) is 19.4 Å². The molecular weight excluding hydrogens is 146 g/mol. The van der Waals surface area contributed by atoms with Crippen molar-refractivity contribution in [3.8, 4) is 0 Å². The van der Waals surface area contributed by atoms with E-state index in [4.69, 9.17) is 0 Å². The lowest BCUT2D eigenvalue weighted by molar-refractivity contribution is 0.358. The van der Waals surface area contributed by atoms with Crippen LogP contribution in [0.15, 0.2) is 0 Å². The first kappa shape index (κ1) is 12.0. The number of nitrogens with one attached hydrogen (secondary N) is 1. The quantitative estimate of drug-likeness (QED) is 0.580. The summed E-state index contributed by atoms with van der Waals surface area (Å²) in [5.41, 5.74) is 0. The maximum Gasteiger partial charge on any atom is 0.00895 e. The predicted molar refractivity (Wildman–Crippen MR) is 56.4 cm³/mol. The van der Waals surface area contributed by atoms with Crippen molar-refractivity contribution in [2.24, 2.45) is 5.92 Å². The fourth-order valence-electron chi connectivity index (χ4n) is 1.61. The van der Waals surface area contributed by atoms with Crippen LogP contribution in [-0.4, -0.2) is 13.1 Å². The van der Waals surface area contributed by atoms with E-state index in [1.165, 1.54) is 32.1 Å². The van der Waals surface area contributed by atoms with Gasteiger partial charge in [-0.25, -0.2) is 0 Å². The van der Waals surface area contributed by atoms with E-state index in [2.05, 4.69) is 33.1 Å². The van der Waals surface area contributed by atoms with Gasteiger partial charge < -0.3 is 5.32 Å². The standard InChI is InChI=1S/C11H25N/c1-5-7-8-9-11(12-4)10(3)6-2/h10-12H,5-9H2,1-4H3. The Hall–Kier alpha value is -0.0400. The Kier molecular flexibility index (Phi) is 7.58. The van der Waals surface area contributed by atoms with Crippen LogP contribution in [0.1, 0.15) is 52.9 Å². The van der Waals surface area contributed by atoms with Gasteiger partial charge in [0, 0.05) is 6.04 Å². The average molecular weight is 171 g/mol. The second-order valence-electron chi connectivity index (χ2n) is 3.78. The van der Waals surface area contributed by atoms with Crippen LogP contribution in [-0.2, 0) is 0 Å². The first-order valence-corrected chi connectivity index (χ1v) is 5.43. The van der Waals surface area contributed by atoms with E-state index in [1.54, 1.807) is 0 Å². The highest BCUT2D eigenvalue weighted by Crippen LogP contribution is 2.13. The molecule has 0 spiro atoms. The SMILES string of the molecule is CCCCCC(NC)C(C)CC. The summed E-state index contributed by atoms with van der Waals surface area (Å²) in [6, 6.07) is 0.738. The summed E-state index contributed by atoms with van der Waals surface area (Å²) in [4.78, 5) is 0. The smallest absolute Gasteiger partial charge is 0.00895 e. The van der Waals surface area contributed by atoms with Crippen LogP contribution < -0.4 is 5.32 Å². The van der Waals surface area contributed by atoms with Crippen molar-refractivity contribution in [1.29, 1.82) is 0 Å². The van der Waals surface area contributed by atoms with Gasteiger partial charge in [0.25, 0.3) is 0 Å². The van der Waals surface area contributed by atoms with Crippen molar-refractivity contribution in [2.45, 2.75) is 58.9 Å². The highest BCUT2D eigenvalue weighted by Gasteiger charge is 2.11. The van der Waals surface area contributed by atoms with Crippen molar-refractivity contribution >= 4 is 0 Å². The molecule has 0 aromatic rings. The van der Waals surface area contributed by atoms with Gasteiger partial charge in [-0.15, -0.1) is 0 Å². The predicted octanol–water partition coefficient (Wildman–Crippen LogP) is 3.20. The first-order chi connectivity index (χ1) is 5.76. The molecule has 0 aliphatic heterocycles. The molecule has 0 amide bonds. The molecule has 0 saturated heterocycles. The molecule has 0 heterocycles. The highest BCUT2D eigenvalue weighted by molar-refractivity contribution is 4.70. The minimum atomic E-state index is 0.738. The van der Waals surface area contributed by atoms with E-state index in [-0.39, 0.29) is 0 Å². The van der Waals surface area contributed by atoms with Gasteiger partial charge in [-0.1, -0.05) is 46.5 Å². The third-order valence-electron chi connectivity index (χ3n) is 2.82. The molecule has 1 nitrogen and oxygen atoms in total. The zero-order valence-electron chi connectivity index (χ0n) is 9.19. The summed E-state index contributed by atoms with van der Waals surface area (Å²) < 4.78 is 0. The van der Waals surface area contributed by atoms with Crippen LogP contribution in [0.3, 0.4) is 0 Å². The van der Waals surface area contributed by atoms with Crippen molar-refractivity contribution in [3.05, 3.63) is 0 Å². The van der Waals surface area contributed by atoms with Gasteiger partial charge in [0.2, 0.25) is 0 Å². The lowest BCUT2D eigenvalue weighted by atomic mass is 9.94. The second-order valence-corrected chi connectivity index (χ2v) is 3.78. The molecule has 2 atom stereocenters. The van der Waals surface area contributed by atoms with Gasteiger partial charge in [-0.2, -0.15) is 0 Å². The number of hydrogen-bond acceptors (Lipinski definition) is 1. The van der Waals surface area contributed by atoms with Crippen molar-refractivity contribution < 1.29 is 0 Å². The van der Waals surface area contributed by atoms with Crippen LogP contribution in [0.25, 0.3) is 0 Å². The fraction of sp³-hybridized carbons (Fsp3) is 1.00. The maximum absolute atomic E-state index is 3.41. The van der Waals surface area contributed by atoms with E-state index in [1.807, 2.05) is 0 Å². The highest BCUT2D eigenvalue weighted by atomic mass is 14.9. The van der Waals surface area contributed by atoms with Gasteiger partial charge in [0.05, 0.1) is 0 Å². The molecule has 0 aromatic heterocycles. The van der Waals surface area contributed by atoms with Crippen LogP contribution in [0.2, 0.25) is 0 Å². The van der Waals surface area contributed by atoms with E-state index >= 15 is 0 Å². The summed E-state index contributed by atoms with van der Waals surface area (Å²) >= 11 is 0. The summed E-state index contributed by atoms with van der Waals surface area (Å²) in [6.45, 7) is 6.87. The molecule has 0 aliphatic carbocycles. The number of unbranched alkanes of at least 4 members (excludes halogenated alkanes) is 2. The molecule has 0 fully saturated rings. The van der Waals surface area contributed by atoms with Crippen LogP contribution >= 0.6 is 0 Å². The molecule has 0 aromatic carbocycles.